The highest BCUT2D eigenvalue weighted by Crippen LogP contribution is 2.45. The molecular weight excluding hydrogens is 409 g/mol. The molecule has 0 spiro atoms. The number of nitrogen functional groups attached to an aromatic ring is 1. The molecule has 1 fully saturated rings. The van der Waals surface area contributed by atoms with E-state index >= 15 is 0 Å². The predicted octanol–water partition coefficient (Wildman–Crippen LogP) is -1.51. The van der Waals surface area contributed by atoms with Crippen LogP contribution in [0.5, 0.6) is 0 Å². The lowest BCUT2D eigenvalue weighted by molar-refractivity contribution is -0.0487. The van der Waals surface area contributed by atoms with Crippen LogP contribution in [0.2, 0.25) is 0 Å². The van der Waals surface area contributed by atoms with Gasteiger partial charge in [-0.15, -0.1) is 0 Å². The Hall–Kier alpha value is -2.61. The molecule has 1 saturated heterocycles. The van der Waals surface area contributed by atoms with Crippen molar-refractivity contribution in [2.75, 3.05) is 12.3 Å². The van der Waals surface area contributed by atoms with E-state index in [4.69, 9.17) is 15.0 Å². The Morgan fingerprint density at radius 2 is 2.14 bits per heavy atom. The molecule has 1 unspecified atom stereocenters. The molecular formula is C14H18N7O7P. The van der Waals surface area contributed by atoms with Gasteiger partial charge in [0.15, 0.2) is 17.4 Å². The van der Waals surface area contributed by atoms with Gasteiger partial charge in [0.25, 0.3) is 5.56 Å². The summed E-state index contributed by atoms with van der Waals surface area (Å²) in [4.78, 5) is 36.0. The van der Waals surface area contributed by atoms with Crippen LogP contribution < -0.4 is 11.3 Å². The molecule has 0 aromatic carbocycles. The first-order chi connectivity index (χ1) is 13.7. The highest BCUT2D eigenvalue weighted by atomic mass is 31.2. The first-order valence-electron chi connectivity index (χ1n) is 8.41. The molecule has 29 heavy (non-hydrogen) atoms. The molecule has 0 saturated carbocycles. The third-order valence-electron chi connectivity index (χ3n) is 4.54. The fourth-order valence-electron chi connectivity index (χ4n) is 3.10. The maximum absolute atomic E-state index is 12.4. The number of nitrogens with two attached hydrogens (primary N) is 1. The van der Waals surface area contributed by atoms with E-state index in [1.807, 2.05) is 0 Å². The minimum absolute atomic E-state index is 0.0281. The van der Waals surface area contributed by atoms with Crippen LogP contribution in [0.4, 0.5) is 5.95 Å². The SMILES string of the molecule is Cc1nccn1P(=O)(O)OC[C@H]1O[C@@H](n2cnc3c(=O)[nH]c(N)nc32)[C@H](O)[C@H]1O. The highest BCUT2D eigenvalue weighted by molar-refractivity contribution is 7.51. The molecule has 3 aromatic rings. The number of ether oxygens (including phenoxy) is 1. The fourth-order valence-corrected chi connectivity index (χ4v) is 4.21. The molecule has 4 heterocycles. The van der Waals surface area contributed by atoms with Gasteiger partial charge in [0.2, 0.25) is 5.95 Å². The number of aliphatic hydroxyl groups is 2. The molecule has 15 heteroatoms. The Kier molecular flexibility index (Phi) is 4.77. The number of hydrogen-bond acceptors (Lipinski definition) is 10. The van der Waals surface area contributed by atoms with E-state index in [1.165, 1.54) is 30.2 Å². The minimum Gasteiger partial charge on any atom is -0.387 e. The summed E-state index contributed by atoms with van der Waals surface area (Å²) in [5.74, 6) is 0.106. The van der Waals surface area contributed by atoms with Crippen LogP contribution in [-0.4, -0.2) is 68.9 Å². The Morgan fingerprint density at radius 1 is 1.38 bits per heavy atom. The number of nitrogens with one attached hydrogen (secondary N) is 1. The first-order valence-corrected chi connectivity index (χ1v) is 9.94. The average molecular weight is 427 g/mol. The zero-order valence-electron chi connectivity index (χ0n) is 15.0. The molecule has 6 N–H and O–H groups in total. The van der Waals surface area contributed by atoms with Crippen molar-refractivity contribution in [2.24, 2.45) is 0 Å². The van der Waals surface area contributed by atoms with Gasteiger partial charge in [0.1, 0.15) is 24.1 Å². The largest absolute Gasteiger partial charge is 0.437 e. The maximum atomic E-state index is 12.4. The quantitative estimate of drug-likeness (QED) is 0.296. The van der Waals surface area contributed by atoms with Crippen molar-refractivity contribution >= 4 is 24.9 Å². The summed E-state index contributed by atoms with van der Waals surface area (Å²) in [6, 6.07) is 0. The van der Waals surface area contributed by atoms with Gasteiger partial charge in [-0.2, -0.15) is 4.98 Å². The Morgan fingerprint density at radius 3 is 2.83 bits per heavy atom. The fraction of sp³-hybridized carbons (Fsp3) is 0.429. The molecule has 4 rings (SSSR count). The van der Waals surface area contributed by atoms with Crippen LogP contribution in [0.15, 0.2) is 23.5 Å². The van der Waals surface area contributed by atoms with E-state index in [0.29, 0.717) is 0 Å². The van der Waals surface area contributed by atoms with Crippen LogP contribution in [-0.2, 0) is 13.8 Å². The molecule has 1 aliphatic rings. The van der Waals surface area contributed by atoms with Gasteiger partial charge < -0.3 is 25.6 Å². The number of hydrogen-bond donors (Lipinski definition) is 5. The third kappa shape index (κ3) is 3.35. The van der Waals surface area contributed by atoms with Crippen LogP contribution in [0, 0.1) is 6.92 Å². The second kappa shape index (κ2) is 7.02. The first kappa shape index (κ1) is 19.7. The lowest BCUT2D eigenvalue weighted by Crippen LogP contribution is -2.33. The smallest absolute Gasteiger partial charge is 0.387 e. The number of H-pyrrole nitrogens is 1. The molecule has 3 aromatic heterocycles. The molecule has 1 aliphatic heterocycles. The van der Waals surface area contributed by atoms with E-state index in [1.54, 1.807) is 0 Å². The Bertz CT molecular complexity index is 1160. The molecule has 0 amide bonds. The van der Waals surface area contributed by atoms with E-state index in [9.17, 15) is 24.5 Å². The van der Waals surface area contributed by atoms with Gasteiger partial charge in [0.05, 0.1) is 12.9 Å². The van der Waals surface area contributed by atoms with Crippen molar-refractivity contribution in [1.29, 1.82) is 0 Å². The van der Waals surface area contributed by atoms with E-state index in [0.717, 1.165) is 4.34 Å². The van der Waals surface area contributed by atoms with E-state index < -0.39 is 44.5 Å². The lowest BCUT2D eigenvalue weighted by atomic mass is 10.1. The van der Waals surface area contributed by atoms with Crippen molar-refractivity contribution in [2.45, 2.75) is 31.5 Å². The Balaban J connectivity index is 1.55. The predicted molar refractivity (Wildman–Crippen MR) is 96.6 cm³/mol. The third-order valence-corrected chi connectivity index (χ3v) is 5.99. The molecule has 14 nitrogen and oxygen atoms in total. The van der Waals surface area contributed by atoms with Gasteiger partial charge in [-0.05, 0) is 6.92 Å². The maximum Gasteiger partial charge on any atom is 0.437 e. The summed E-state index contributed by atoms with van der Waals surface area (Å²) >= 11 is 0. The van der Waals surface area contributed by atoms with Crippen LogP contribution in [0.3, 0.4) is 0 Å². The van der Waals surface area contributed by atoms with Crippen molar-refractivity contribution in [3.8, 4) is 0 Å². The van der Waals surface area contributed by atoms with Crippen LogP contribution in [0.25, 0.3) is 11.2 Å². The van der Waals surface area contributed by atoms with Gasteiger partial charge in [0, 0.05) is 12.4 Å². The molecule has 156 valence electrons. The summed E-state index contributed by atoms with van der Waals surface area (Å²) in [5, 5.41) is 20.7. The summed E-state index contributed by atoms with van der Waals surface area (Å²) in [7, 11) is -4.28. The number of aryl methyl sites for hydroxylation is 1. The number of rotatable bonds is 5. The van der Waals surface area contributed by atoms with Gasteiger partial charge >= 0.3 is 7.75 Å². The van der Waals surface area contributed by atoms with Crippen molar-refractivity contribution in [3.63, 3.8) is 0 Å². The van der Waals surface area contributed by atoms with Gasteiger partial charge in [-0.3, -0.25) is 18.9 Å². The Labute approximate surface area is 162 Å². The lowest BCUT2D eigenvalue weighted by Gasteiger charge is -2.18. The van der Waals surface area contributed by atoms with Crippen molar-refractivity contribution in [3.05, 3.63) is 34.9 Å². The second-order valence-electron chi connectivity index (χ2n) is 6.43. The standard InChI is InChI=1S/C14H18N7O7P/c1-6-16-2-3-21(6)29(25,26)27-4-7-9(22)10(23)13(28-7)20-5-17-8-11(20)18-14(15)19-12(8)24/h2-3,5,7,9-10,13,22-23H,4H2,1H3,(H,25,26)(H3,15,18,19,24)/t7-,9+,10-,13-/m1/s1. The van der Waals surface area contributed by atoms with Crippen molar-refractivity contribution < 1.29 is 28.9 Å². The summed E-state index contributed by atoms with van der Waals surface area (Å²) in [5.41, 5.74) is 4.99. The molecule has 0 radical (unpaired) electrons. The highest BCUT2D eigenvalue weighted by Gasteiger charge is 2.45. The monoisotopic (exact) mass is 427 g/mol. The normalized spacial score (nSPS) is 26.8. The number of anilines is 1. The number of aromatic nitrogens is 6. The van der Waals surface area contributed by atoms with Crippen molar-refractivity contribution in [1.82, 2.24) is 28.8 Å². The average Bonchev–Trinajstić information content (AvgIpc) is 3.33. The van der Waals surface area contributed by atoms with Gasteiger partial charge in [-0.25, -0.2) is 18.9 Å². The van der Waals surface area contributed by atoms with Gasteiger partial charge in [-0.1, -0.05) is 0 Å². The van der Waals surface area contributed by atoms with Crippen LogP contribution in [0.1, 0.15) is 12.1 Å². The second-order valence-corrected chi connectivity index (χ2v) is 8.10. The molecule has 0 aliphatic carbocycles. The zero-order chi connectivity index (χ0) is 20.9. The zero-order valence-corrected chi connectivity index (χ0v) is 15.9. The summed E-state index contributed by atoms with van der Waals surface area (Å²) in [6.07, 6.45) is -1.38. The molecule has 5 atom stereocenters. The number of aliphatic hydroxyl groups excluding tert-OH is 2. The number of nitrogens with zero attached hydrogens (tertiary/aromatic N) is 5. The topological polar surface area (TPSA) is 204 Å². The van der Waals surface area contributed by atoms with Crippen LogP contribution >= 0.6 is 7.75 Å². The van der Waals surface area contributed by atoms with E-state index in [2.05, 4.69) is 19.9 Å². The number of fused-ring (bicyclic) bond motifs is 1. The minimum atomic E-state index is -4.28. The van der Waals surface area contributed by atoms with E-state index in [-0.39, 0.29) is 22.9 Å². The summed E-state index contributed by atoms with van der Waals surface area (Å²) < 4.78 is 25.3. The molecule has 0 bridgehead atoms. The number of imidazole rings is 2. The number of aromatic amines is 1. The summed E-state index contributed by atoms with van der Waals surface area (Å²) in [6.45, 7) is 1.03.